The summed E-state index contributed by atoms with van der Waals surface area (Å²) < 4.78 is 5.35. The maximum Gasteiger partial charge on any atom is 0.410 e. The number of nitro benzene ring substituents is 1. The molecule has 7 heteroatoms. The van der Waals surface area contributed by atoms with Crippen molar-refractivity contribution < 1.29 is 14.5 Å². The Bertz CT molecular complexity index is 560. The van der Waals surface area contributed by atoms with Crippen molar-refractivity contribution in [3.05, 3.63) is 34.4 Å². The van der Waals surface area contributed by atoms with Crippen LogP contribution < -0.4 is 4.90 Å². The lowest BCUT2D eigenvalue weighted by molar-refractivity contribution is -0.384. The van der Waals surface area contributed by atoms with Crippen molar-refractivity contribution in [1.82, 2.24) is 4.90 Å². The molecule has 0 atom stereocenters. The van der Waals surface area contributed by atoms with Crippen LogP contribution in [0.25, 0.3) is 0 Å². The van der Waals surface area contributed by atoms with E-state index in [9.17, 15) is 14.9 Å². The highest BCUT2D eigenvalue weighted by molar-refractivity contribution is 5.68. The average molecular weight is 307 g/mol. The highest BCUT2D eigenvalue weighted by atomic mass is 16.6. The third kappa shape index (κ3) is 4.09. The predicted molar refractivity (Wildman–Crippen MR) is 83.1 cm³/mol. The van der Waals surface area contributed by atoms with Crippen molar-refractivity contribution in [1.29, 1.82) is 0 Å². The van der Waals surface area contributed by atoms with E-state index < -0.39 is 10.5 Å². The van der Waals surface area contributed by atoms with Crippen LogP contribution in [0.4, 0.5) is 16.2 Å². The lowest BCUT2D eigenvalue weighted by Gasteiger charge is -2.36. The second kappa shape index (κ2) is 6.21. The summed E-state index contributed by atoms with van der Waals surface area (Å²) in [6.07, 6.45) is -0.314. The standard InChI is InChI=1S/C15H21N3O4/c1-15(2,3)22-14(19)17-9-7-16(8-10-17)12-5-4-6-13(11-12)18(20)21/h4-6,11H,7-10H2,1-3H3. The van der Waals surface area contributed by atoms with Crippen LogP contribution in [0.5, 0.6) is 0 Å². The quantitative estimate of drug-likeness (QED) is 0.620. The van der Waals surface area contributed by atoms with Crippen LogP contribution >= 0.6 is 0 Å². The maximum atomic E-state index is 12.0. The van der Waals surface area contributed by atoms with Crippen LogP contribution in [0.1, 0.15) is 20.8 Å². The van der Waals surface area contributed by atoms with Gasteiger partial charge in [-0.2, -0.15) is 0 Å². The lowest BCUT2D eigenvalue weighted by Crippen LogP contribution is -2.50. The summed E-state index contributed by atoms with van der Waals surface area (Å²) in [7, 11) is 0. The first kappa shape index (κ1) is 16.1. The molecule has 1 aromatic carbocycles. The van der Waals surface area contributed by atoms with E-state index in [1.165, 1.54) is 6.07 Å². The molecule has 0 saturated carbocycles. The molecule has 1 fully saturated rings. The number of piperazine rings is 1. The van der Waals surface area contributed by atoms with Crippen molar-refractivity contribution in [2.24, 2.45) is 0 Å². The number of nitrogens with zero attached hydrogens (tertiary/aromatic N) is 3. The Kier molecular flexibility index (Phi) is 4.54. The van der Waals surface area contributed by atoms with Crippen molar-refractivity contribution >= 4 is 17.5 Å². The van der Waals surface area contributed by atoms with Crippen molar-refractivity contribution in [2.45, 2.75) is 26.4 Å². The lowest BCUT2D eigenvalue weighted by atomic mass is 10.2. The third-order valence-corrected chi connectivity index (χ3v) is 3.34. The largest absolute Gasteiger partial charge is 0.444 e. The maximum absolute atomic E-state index is 12.0. The number of carbonyl (C=O) groups excluding carboxylic acids is 1. The Balaban J connectivity index is 1.96. The molecule has 0 bridgehead atoms. The summed E-state index contributed by atoms with van der Waals surface area (Å²) in [6, 6.07) is 6.55. The number of amides is 1. The molecule has 0 spiro atoms. The zero-order valence-corrected chi connectivity index (χ0v) is 13.1. The Hall–Kier alpha value is -2.31. The monoisotopic (exact) mass is 307 g/mol. The molecule has 22 heavy (non-hydrogen) atoms. The van der Waals surface area contributed by atoms with Crippen LogP contribution in [0.3, 0.4) is 0 Å². The molecule has 1 amide bonds. The fourth-order valence-corrected chi connectivity index (χ4v) is 2.28. The minimum Gasteiger partial charge on any atom is -0.444 e. The number of anilines is 1. The number of benzene rings is 1. The van der Waals surface area contributed by atoms with E-state index in [4.69, 9.17) is 4.74 Å². The smallest absolute Gasteiger partial charge is 0.410 e. The molecule has 7 nitrogen and oxygen atoms in total. The van der Waals surface area contributed by atoms with Crippen molar-refractivity contribution in [3.63, 3.8) is 0 Å². The molecule has 1 aromatic rings. The summed E-state index contributed by atoms with van der Waals surface area (Å²) in [6.45, 7) is 7.84. The van der Waals surface area contributed by atoms with Crippen molar-refractivity contribution in [2.75, 3.05) is 31.1 Å². The van der Waals surface area contributed by atoms with Crippen LogP contribution in [0.15, 0.2) is 24.3 Å². The first-order valence-electron chi connectivity index (χ1n) is 7.23. The van der Waals surface area contributed by atoms with Gasteiger partial charge in [-0.1, -0.05) is 6.07 Å². The molecule has 1 aliphatic heterocycles. The third-order valence-electron chi connectivity index (χ3n) is 3.34. The number of carbonyl (C=O) groups is 1. The highest BCUT2D eigenvalue weighted by Crippen LogP contribution is 2.22. The molecule has 0 N–H and O–H groups in total. The van der Waals surface area contributed by atoms with Gasteiger partial charge in [-0.3, -0.25) is 10.1 Å². The van der Waals surface area contributed by atoms with Gasteiger partial charge in [-0.05, 0) is 26.8 Å². The summed E-state index contributed by atoms with van der Waals surface area (Å²) >= 11 is 0. The molecular formula is C15H21N3O4. The van der Waals surface area contributed by atoms with E-state index in [2.05, 4.69) is 0 Å². The molecule has 0 unspecified atom stereocenters. The van der Waals surface area contributed by atoms with Crippen LogP contribution in [-0.4, -0.2) is 47.7 Å². The SMILES string of the molecule is CC(C)(C)OC(=O)N1CCN(c2cccc([N+](=O)[O-])c2)CC1. The van der Waals surface area contributed by atoms with Crippen LogP contribution in [-0.2, 0) is 4.74 Å². The number of non-ortho nitro benzene ring substituents is 1. The van der Waals surface area contributed by atoms with Gasteiger partial charge in [-0.25, -0.2) is 4.79 Å². The fraction of sp³-hybridized carbons (Fsp3) is 0.533. The van der Waals surface area contributed by atoms with Gasteiger partial charge >= 0.3 is 6.09 Å². The molecule has 0 aliphatic carbocycles. The number of rotatable bonds is 2. The summed E-state index contributed by atoms with van der Waals surface area (Å²) in [5.41, 5.74) is 0.374. The molecule has 0 radical (unpaired) electrons. The van der Waals surface area contributed by atoms with E-state index in [1.807, 2.05) is 31.7 Å². The molecule has 120 valence electrons. The average Bonchev–Trinajstić information content (AvgIpc) is 2.46. The number of hydrogen-bond acceptors (Lipinski definition) is 5. The molecule has 1 aliphatic rings. The summed E-state index contributed by atoms with van der Waals surface area (Å²) in [5, 5.41) is 10.8. The molecule has 1 heterocycles. The first-order chi connectivity index (χ1) is 10.3. The summed E-state index contributed by atoms with van der Waals surface area (Å²) in [5.74, 6) is 0. The number of nitro groups is 1. The normalized spacial score (nSPS) is 15.6. The van der Waals surface area contributed by atoms with Gasteiger partial charge in [0.1, 0.15) is 5.60 Å². The van der Waals surface area contributed by atoms with E-state index in [0.717, 1.165) is 5.69 Å². The van der Waals surface area contributed by atoms with Crippen LogP contribution in [0, 0.1) is 10.1 Å². The first-order valence-corrected chi connectivity index (χ1v) is 7.23. The fourth-order valence-electron chi connectivity index (χ4n) is 2.28. The van der Waals surface area contributed by atoms with E-state index in [-0.39, 0.29) is 11.8 Å². The van der Waals surface area contributed by atoms with Crippen molar-refractivity contribution in [3.8, 4) is 0 Å². The molecular weight excluding hydrogens is 286 g/mol. The van der Waals surface area contributed by atoms with Gasteiger partial charge in [0.25, 0.3) is 5.69 Å². The van der Waals surface area contributed by atoms with Crippen LogP contribution in [0.2, 0.25) is 0 Å². The Morgan fingerprint density at radius 3 is 2.41 bits per heavy atom. The number of ether oxygens (including phenoxy) is 1. The van der Waals surface area contributed by atoms with Gasteiger partial charge < -0.3 is 14.5 Å². The Morgan fingerprint density at radius 1 is 1.23 bits per heavy atom. The van der Waals surface area contributed by atoms with Gasteiger partial charge in [0.2, 0.25) is 0 Å². The predicted octanol–water partition coefficient (Wildman–Crippen LogP) is 2.65. The highest BCUT2D eigenvalue weighted by Gasteiger charge is 2.26. The summed E-state index contributed by atoms with van der Waals surface area (Å²) in [4.78, 5) is 26.1. The van der Waals surface area contributed by atoms with Gasteiger partial charge in [0.15, 0.2) is 0 Å². The van der Waals surface area contributed by atoms with E-state index >= 15 is 0 Å². The van der Waals surface area contributed by atoms with Gasteiger partial charge in [0, 0.05) is 44.0 Å². The number of hydrogen-bond donors (Lipinski definition) is 0. The zero-order chi connectivity index (χ0) is 16.3. The topological polar surface area (TPSA) is 75.9 Å². The zero-order valence-electron chi connectivity index (χ0n) is 13.1. The van der Waals surface area contributed by atoms with Gasteiger partial charge in [0.05, 0.1) is 4.92 Å². The van der Waals surface area contributed by atoms with E-state index in [1.54, 1.807) is 17.0 Å². The van der Waals surface area contributed by atoms with E-state index in [0.29, 0.717) is 26.2 Å². The molecule has 2 rings (SSSR count). The Labute approximate surface area is 129 Å². The second-order valence-electron chi connectivity index (χ2n) is 6.23. The molecule has 1 saturated heterocycles. The second-order valence-corrected chi connectivity index (χ2v) is 6.23. The minimum atomic E-state index is -0.506. The van der Waals surface area contributed by atoms with Gasteiger partial charge in [-0.15, -0.1) is 0 Å². The Morgan fingerprint density at radius 2 is 1.86 bits per heavy atom. The molecule has 0 aromatic heterocycles. The minimum absolute atomic E-state index is 0.0760.